The number of carbonyl (C=O) groups is 1. The van der Waals surface area contributed by atoms with Crippen molar-refractivity contribution in [1.29, 1.82) is 0 Å². The summed E-state index contributed by atoms with van der Waals surface area (Å²) in [7, 11) is 1.77. The van der Waals surface area contributed by atoms with Crippen LogP contribution >= 0.6 is 11.6 Å². The van der Waals surface area contributed by atoms with Crippen LogP contribution < -0.4 is 5.32 Å². The highest BCUT2D eigenvalue weighted by Crippen LogP contribution is 1.97. The molecule has 1 rings (SSSR count). The van der Waals surface area contributed by atoms with Gasteiger partial charge in [0.2, 0.25) is 0 Å². The van der Waals surface area contributed by atoms with Crippen molar-refractivity contribution in [3.8, 4) is 0 Å². The normalized spacial score (nSPS) is 12.5. The molecule has 72 valence electrons. The molecule has 0 fully saturated rings. The predicted molar refractivity (Wildman–Crippen MR) is 50.9 cm³/mol. The fraction of sp³-hybridized carbons (Fsp3) is 0.500. The van der Waals surface area contributed by atoms with Crippen LogP contribution in [0.5, 0.6) is 0 Å². The average molecular weight is 202 g/mol. The van der Waals surface area contributed by atoms with Crippen LogP contribution in [-0.2, 0) is 7.05 Å². The van der Waals surface area contributed by atoms with E-state index >= 15 is 0 Å². The van der Waals surface area contributed by atoms with Gasteiger partial charge in [-0.05, 0) is 6.92 Å². The molecule has 1 aromatic heterocycles. The molecule has 1 amide bonds. The van der Waals surface area contributed by atoms with Crippen molar-refractivity contribution in [2.24, 2.45) is 7.05 Å². The van der Waals surface area contributed by atoms with Crippen molar-refractivity contribution >= 4 is 17.5 Å². The average Bonchev–Trinajstić information content (AvgIpc) is 2.51. The van der Waals surface area contributed by atoms with Crippen molar-refractivity contribution in [3.63, 3.8) is 0 Å². The number of alkyl halides is 1. The third-order valence-corrected chi connectivity index (χ3v) is 2.12. The molecule has 0 saturated heterocycles. The Morgan fingerprint density at radius 2 is 2.54 bits per heavy atom. The summed E-state index contributed by atoms with van der Waals surface area (Å²) in [6.45, 7) is 1.85. The Hall–Kier alpha value is -1.03. The van der Waals surface area contributed by atoms with Crippen LogP contribution in [0.3, 0.4) is 0 Å². The Bertz CT molecular complexity index is 297. The fourth-order valence-electron chi connectivity index (χ4n) is 0.912. The van der Waals surface area contributed by atoms with Crippen LogP contribution in [0.15, 0.2) is 12.5 Å². The third-order valence-electron chi connectivity index (χ3n) is 1.66. The standard InChI is InChI=1S/C8H12ClN3O/c1-6(3-9)11-8(13)7-4-10-5-12(7)2/h4-6H,3H2,1-2H3,(H,11,13). The zero-order valence-electron chi connectivity index (χ0n) is 7.62. The third kappa shape index (κ3) is 2.45. The molecule has 0 saturated carbocycles. The number of nitrogens with zero attached hydrogens (tertiary/aromatic N) is 2. The summed E-state index contributed by atoms with van der Waals surface area (Å²) in [6, 6.07) is -0.0240. The molecule has 0 radical (unpaired) electrons. The molecule has 0 aromatic carbocycles. The highest BCUT2D eigenvalue weighted by atomic mass is 35.5. The van der Waals surface area contributed by atoms with E-state index in [1.807, 2.05) is 6.92 Å². The van der Waals surface area contributed by atoms with Crippen LogP contribution in [-0.4, -0.2) is 27.4 Å². The lowest BCUT2D eigenvalue weighted by molar-refractivity contribution is 0.0935. The molecule has 0 aliphatic carbocycles. The van der Waals surface area contributed by atoms with Crippen molar-refractivity contribution in [2.75, 3.05) is 5.88 Å². The van der Waals surface area contributed by atoms with E-state index in [1.54, 1.807) is 17.9 Å². The number of hydrogen-bond acceptors (Lipinski definition) is 2. The first-order valence-corrected chi connectivity index (χ1v) is 4.51. The largest absolute Gasteiger partial charge is 0.347 e. The quantitative estimate of drug-likeness (QED) is 0.735. The van der Waals surface area contributed by atoms with Gasteiger partial charge in [-0.15, -0.1) is 11.6 Å². The summed E-state index contributed by atoms with van der Waals surface area (Å²) < 4.78 is 1.66. The van der Waals surface area contributed by atoms with Gasteiger partial charge in [0.1, 0.15) is 5.69 Å². The van der Waals surface area contributed by atoms with Gasteiger partial charge in [0, 0.05) is 19.0 Å². The van der Waals surface area contributed by atoms with Crippen molar-refractivity contribution in [1.82, 2.24) is 14.9 Å². The van der Waals surface area contributed by atoms with Gasteiger partial charge in [0.15, 0.2) is 0 Å². The molecular formula is C8H12ClN3O. The first-order valence-electron chi connectivity index (χ1n) is 3.98. The highest BCUT2D eigenvalue weighted by Gasteiger charge is 2.11. The Morgan fingerprint density at radius 3 is 3.00 bits per heavy atom. The van der Waals surface area contributed by atoms with E-state index < -0.39 is 0 Å². The monoisotopic (exact) mass is 201 g/mol. The van der Waals surface area contributed by atoms with Crippen molar-refractivity contribution < 1.29 is 4.79 Å². The van der Waals surface area contributed by atoms with Gasteiger partial charge in [-0.2, -0.15) is 0 Å². The van der Waals surface area contributed by atoms with Gasteiger partial charge in [-0.25, -0.2) is 4.98 Å². The zero-order valence-corrected chi connectivity index (χ0v) is 8.38. The minimum absolute atomic E-state index is 0.0240. The maximum Gasteiger partial charge on any atom is 0.269 e. The minimum Gasteiger partial charge on any atom is -0.347 e. The number of amides is 1. The van der Waals surface area contributed by atoms with Crippen molar-refractivity contribution in [3.05, 3.63) is 18.2 Å². The van der Waals surface area contributed by atoms with E-state index in [0.717, 1.165) is 0 Å². The number of nitrogens with one attached hydrogen (secondary N) is 1. The maximum absolute atomic E-state index is 11.5. The maximum atomic E-state index is 11.5. The lowest BCUT2D eigenvalue weighted by atomic mass is 10.3. The van der Waals surface area contributed by atoms with Gasteiger partial charge in [-0.1, -0.05) is 0 Å². The van der Waals surface area contributed by atoms with Crippen molar-refractivity contribution in [2.45, 2.75) is 13.0 Å². The molecule has 13 heavy (non-hydrogen) atoms. The molecule has 0 spiro atoms. The second-order valence-corrected chi connectivity index (χ2v) is 3.23. The Kier molecular flexibility index (Phi) is 3.31. The Morgan fingerprint density at radius 1 is 1.85 bits per heavy atom. The summed E-state index contributed by atoms with van der Waals surface area (Å²) in [5.74, 6) is 0.261. The van der Waals surface area contributed by atoms with Gasteiger partial charge in [0.25, 0.3) is 5.91 Å². The number of rotatable bonds is 3. The number of carbonyl (C=O) groups excluding carboxylic acids is 1. The first-order chi connectivity index (χ1) is 6.15. The molecule has 1 unspecified atom stereocenters. The summed E-state index contributed by atoms with van der Waals surface area (Å²) in [4.78, 5) is 15.3. The van der Waals surface area contributed by atoms with Gasteiger partial charge in [-0.3, -0.25) is 4.79 Å². The van der Waals surface area contributed by atoms with Gasteiger partial charge in [0.05, 0.1) is 12.5 Å². The van der Waals surface area contributed by atoms with Gasteiger partial charge < -0.3 is 9.88 Å². The highest BCUT2D eigenvalue weighted by molar-refractivity contribution is 6.18. The smallest absolute Gasteiger partial charge is 0.269 e. The molecule has 5 heteroatoms. The van der Waals surface area contributed by atoms with E-state index in [4.69, 9.17) is 11.6 Å². The molecule has 0 aliphatic heterocycles. The van der Waals surface area contributed by atoms with Crippen LogP contribution in [0, 0.1) is 0 Å². The SMILES string of the molecule is CC(CCl)NC(=O)c1cncn1C. The minimum atomic E-state index is -0.145. The van der Waals surface area contributed by atoms with Crippen LogP contribution in [0.25, 0.3) is 0 Å². The lowest BCUT2D eigenvalue weighted by Crippen LogP contribution is -2.34. The molecule has 1 N–H and O–H groups in total. The molecular weight excluding hydrogens is 190 g/mol. The summed E-state index contributed by atoms with van der Waals surface area (Å²) in [5.41, 5.74) is 0.539. The fourth-order valence-corrected chi connectivity index (χ4v) is 0.989. The number of hydrogen-bond donors (Lipinski definition) is 1. The molecule has 1 heterocycles. The van der Waals surface area contributed by atoms with Crippen LogP contribution in [0.1, 0.15) is 17.4 Å². The first kappa shape index (κ1) is 10.1. The van der Waals surface area contributed by atoms with E-state index in [0.29, 0.717) is 11.6 Å². The second-order valence-electron chi connectivity index (χ2n) is 2.92. The summed E-state index contributed by atoms with van der Waals surface area (Å²) >= 11 is 5.56. The number of halogens is 1. The van der Waals surface area contributed by atoms with E-state index in [9.17, 15) is 4.79 Å². The number of aromatic nitrogens is 2. The summed E-state index contributed by atoms with van der Waals surface area (Å²) in [6.07, 6.45) is 3.11. The van der Waals surface area contributed by atoms with E-state index in [2.05, 4.69) is 10.3 Å². The van der Waals surface area contributed by atoms with Crippen LogP contribution in [0.2, 0.25) is 0 Å². The lowest BCUT2D eigenvalue weighted by Gasteiger charge is -2.09. The zero-order chi connectivity index (χ0) is 9.84. The topological polar surface area (TPSA) is 46.9 Å². The molecule has 4 nitrogen and oxygen atoms in total. The Balaban J connectivity index is 2.64. The molecule has 0 bridgehead atoms. The van der Waals surface area contributed by atoms with E-state index in [1.165, 1.54) is 6.20 Å². The number of imidazole rings is 1. The number of aryl methyl sites for hydroxylation is 1. The van der Waals surface area contributed by atoms with Crippen LogP contribution in [0.4, 0.5) is 0 Å². The van der Waals surface area contributed by atoms with Gasteiger partial charge >= 0.3 is 0 Å². The molecule has 1 aromatic rings. The summed E-state index contributed by atoms with van der Waals surface area (Å²) in [5, 5.41) is 2.74. The molecule has 1 atom stereocenters. The Labute approximate surface area is 81.9 Å². The second kappa shape index (κ2) is 4.28. The van der Waals surface area contributed by atoms with E-state index in [-0.39, 0.29) is 11.9 Å². The predicted octanol–water partition coefficient (Wildman–Crippen LogP) is 0.777. The molecule has 0 aliphatic rings.